The van der Waals surface area contributed by atoms with Gasteiger partial charge in [-0.15, -0.1) is 0 Å². The Hall–Kier alpha value is -2.38. The van der Waals surface area contributed by atoms with Crippen molar-refractivity contribution in [3.63, 3.8) is 0 Å². The molecule has 0 aliphatic heterocycles. The first-order chi connectivity index (χ1) is 13.1. The van der Waals surface area contributed by atoms with E-state index in [0.717, 1.165) is 0 Å². The fraction of sp³-hybridized carbons (Fsp3) is 0.714. The lowest BCUT2D eigenvalue weighted by Crippen LogP contribution is -2.48. The number of carbonyl (C=O) groups is 4. The van der Waals surface area contributed by atoms with Gasteiger partial charge in [0.1, 0.15) is 13.2 Å². The number of rotatable bonds is 10. The van der Waals surface area contributed by atoms with Gasteiger partial charge in [-0.3, -0.25) is 19.2 Å². The minimum atomic E-state index is -1.53. The van der Waals surface area contributed by atoms with Gasteiger partial charge in [0.05, 0.1) is 29.3 Å². The number of esters is 3. The van der Waals surface area contributed by atoms with Crippen LogP contribution < -0.4 is 0 Å². The minimum absolute atomic E-state index is 0.124. The van der Waals surface area contributed by atoms with Crippen molar-refractivity contribution in [1.29, 1.82) is 0 Å². The molecule has 8 nitrogen and oxygen atoms in total. The number of carboxylic acids is 1. The average Bonchev–Trinajstić information content (AvgIpc) is 2.62. The SMILES string of the molecule is COC(=O)C(C)(C)C(C)(C=C(C)C(C)(C)C(=O)O)C(=O)OCCOC(=O)C(C)C. The highest BCUT2D eigenvalue weighted by Gasteiger charge is 2.53. The van der Waals surface area contributed by atoms with Crippen molar-refractivity contribution >= 4 is 23.9 Å². The van der Waals surface area contributed by atoms with Crippen molar-refractivity contribution in [3.8, 4) is 0 Å². The highest BCUT2D eigenvalue weighted by atomic mass is 16.6. The smallest absolute Gasteiger partial charge is 0.316 e. The van der Waals surface area contributed by atoms with Gasteiger partial charge in [0.2, 0.25) is 0 Å². The summed E-state index contributed by atoms with van der Waals surface area (Å²) in [6, 6.07) is 0. The maximum atomic E-state index is 13.0. The summed E-state index contributed by atoms with van der Waals surface area (Å²) in [6.07, 6.45) is 1.44. The van der Waals surface area contributed by atoms with Crippen molar-refractivity contribution < 1.29 is 38.5 Å². The van der Waals surface area contributed by atoms with Gasteiger partial charge < -0.3 is 19.3 Å². The summed E-state index contributed by atoms with van der Waals surface area (Å²) >= 11 is 0. The van der Waals surface area contributed by atoms with Crippen molar-refractivity contribution in [2.45, 2.75) is 55.4 Å². The molecule has 0 bridgehead atoms. The maximum absolute atomic E-state index is 13.0. The summed E-state index contributed by atoms with van der Waals surface area (Å²) in [4.78, 5) is 48.5. The molecule has 0 aliphatic rings. The summed E-state index contributed by atoms with van der Waals surface area (Å²) in [5.74, 6) is -3.21. The monoisotopic (exact) mass is 414 g/mol. The Kier molecular flexibility index (Phi) is 9.08. The first kappa shape index (κ1) is 26.6. The van der Waals surface area contributed by atoms with Gasteiger partial charge in [0, 0.05) is 0 Å². The van der Waals surface area contributed by atoms with Gasteiger partial charge in [0.25, 0.3) is 0 Å². The number of hydrogen-bond acceptors (Lipinski definition) is 7. The number of hydrogen-bond donors (Lipinski definition) is 1. The lowest BCUT2D eigenvalue weighted by atomic mass is 9.64. The zero-order valence-electron chi connectivity index (χ0n) is 18.9. The van der Waals surface area contributed by atoms with Gasteiger partial charge >= 0.3 is 23.9 Å². The zero-order chi connectivity index (χ0) is 23.2. The normalized spacial score (nSPS) is 14.8. The Morgan fingerprint density at radius 2 is 1.41 bits per heavy atom. The molecule has 0 saturated carbocycles. The predicted molar refractivity (Wildman–Crippen MR) is 106 cm³/mol. The number of ether oxygens (including phenoxy) is 3. The molecule has 29 heavy (non-hydrogen) atoms. The van der Waals surface area contributed by atoms with Crippen LogP contribution in [0.15, 0.2) is 11.6 Å². The molecule has 0 spiro atoms. The highest BCUT2D eigenvalue weighted by molar-refractivity contribution is 5.90. The molecule has 0 radical (unpaired) electrons. The Morgan fingerprint density at radius 1 is 0.931 bits per heavy atom. The molecule has 0 saturated heterocycles. The third-order valence-electron chi connectivity index (χ3n) is 5.48. The molecular weight excluding hydrogens is 380 g/mol. The van der Waals surface area contributed by atoms with E-state index >= 15 is 0 Å². The van der Waals surface area contributed by atoms with Crippen molar-refractivity contribution in [1.82, 2.24) is 0 Å². The molecule has 1 atom stereocenters. The fourth-order valence-corrected chi connectivity index (χ4v) is 2.34. The van der Waals surface area contributed by atoms with Crippen LogP contribution >= 0.6 is 0 Å². The summed E-state index contributed by atoms with van der Waals surface area (Å²) in [5, 5.41) is 9.48. The van der Waals surface area contributed by atoms with Crippen molar-refractivity contribution in [2.75, 3.05) is 20.3 Å². The first-order valence-electron chi connectivity index (χ1n) is 9.41. The van der Waals surface area contributed by atoms with Crippen LogP contribution in [0.4, 0.5) is 0 Å². The van der Waals surface area contributed by atoms with Crippen LogP contribution in [0.25, 0.3) is 0 Å². The molecule has 0 heterocycles. The number of carboxylic acid groups (broad SMARTS) is 1. The van der Waals surface area contributed by atoms with Crippen LogP contribution in [0.1, 0.15) is 55.4 Å². The van der Waals surface area contributed by atoms with Gasteiger partial charge in [0.15, 0.2) is 0 Å². The van der Waals surface area contributed by atoms with E-state index in [4.69, 9.17) is 14.2 Å². The molecule has 0 amide bonds. The Labute approximate surface area is 172 Å². The van der Waals surface area contributed by atoms with Crippen molar-refractivity contribution in [3.05, 3.63) is 11.6 Å². The van der Waals surface area contributed by atoms with E-state index in [2.05, 4.69) is 0 Å². The van der Waals surface area contributed by atoms with E-state index in [1.54, 1.807) is 20.8 Å². The van der Waals surface area contributed by atoms with Crippen LogP contribution in [-0.4, -0.2) is 49.3 Å². The van der Waals surface area contributed by atoms with Gasteiger partial charge in [-0.05, 0) is 41.5 Å². The summed E-state index contributed by atoms with van der Waals surface area (Å²) in [5.41, 5.74) is -3.77. The molecule has 0 aliphatic carbocycles. The van der Waals surface area contributed by atoms with E-state index in [1.807, 2.05) is 0 Å². The van der Waals surface area contributed by atoms with E-state index in [-0.39, 0.29) is 19.1 Å². The third kappa shape index (κ3) is 6.05. The standard InChI is InChI=1S/C21H34O8/c1-13(2)15(22)28-10-11-29-18(26)21(8,20(6,7)17(25)27-9)12-14(3)19(4,5)16(23)24/h12-13H,10-11H2,1-9H3,(H,23,24). The summed E-state index contributed by atoms with van der Waals surface area (Å²) in [6.45, 7) is 12.2. The quantitative estimate of drug-likeness (QED) is 0.251. The largest absolute Gasteiger partial charge is 0.481 e. The Balaban J connectivity index is 5.84. The van der Waals surface area contributed by atoms with E-state index < -0.39 is 40.1 Å². The van der Waals surface area contributed by atoms with Crippen LogP contribution in [0.2, 0.25) is 0 Å². The molecule has 0 aromatic rings. The van der Waals surface area contributed by atoms with E-state index in [9.17, 15) is 24.3 Å². The second-order valence-electron chi connectivity index (χ2n) is 8.53. The van der Waals surface area contributed by atoms with Crippen LogP contribution in [0.3, 0.4) is 0 Å². The second kappa shape index (κ2) is 9.89. The fourth-order valence-electron chi connectivity index (χ4n) is 2.34. The molecule has 0 aromatic carbocycles. The number of aliphatic carboxylic acids is 1. The second-order valence-corrected chi connectivity index (χ2v) is 8.53. The van der Waals surface area contributed by atoms with Gasteiger partial charge in [-0.1, -0.05) is 25.5 Å². The highest BCUT2D eigenvalue weighted by Crippen LogP contribution is 2.45. The predicted octanol–water partition coefficient (Wildman–Crippen LogP) is 2.99. The molecule has 1 unspecified atom stereocenters. The lowest BCUT2D eigenvalue weighted by molar-refractivity contribution is -0.172. The first-order valence-corrected chi connectivity index (χ1v) is 9.41. The molecule has 8 heteroatoms. The number of carbonyl (C=O) groups excluding carboxylic acids is 3. The molecule has 0 fully saturated rings. The third-order valence-corrected chi connectivity index (χ3v) is 5.48. The van der Waals surface area contributed by atoms with Crippen LogP contribution in [0, 0.1) is 22.2 Å². The summed E-state index contributed by atoms with van der Waals surface area (Å²) in [7, 11) is 1.21. The van der Waals surface area contributed by atoms with E-state index in [0.29, 0.717) is 5.57 Å². The minimum Gasteiger partial charge on any atom is -0.481 e. The topological polar surface area (TPSA) is 116 Å². The molecule has 0 rings (SSSR count). The molecular formula is C21H34O8. The van der Waals surface area contributed by atoms with Crippen LogP contribution in [-0.2, 0) is 33.4 Å². The zero-order valence-corrected chi connectivity index (χ0v) is 18.9. The molecule has 1 N–H and O–H groups in total. The van der Waals surface area contributed by atoms with Gasteiger partial charge in [-0.2, -0.15) is 0 Å². The van der Waals surface area contributed by atoms with Gasteiger partial charge in [-0.25, -0.2) is 0 Å². The Morgan fingerprint density at radius 3 is 1.83 bits per heavy atom. The average molecular weight is 414 g/mol. The van der Waals surface area contributed by atoms with Crippen LogP contribution in [0.5, 0.6) is 0 Å². The summed E-state index contributed by atoms with van der Waals surface area (Å²) < 4.78 is 15.1. The Bertz CT molecular complexity index is 672. The maximum Gasteiger partial charge on any atom is 0.316 e. The molecule has 0 aromatic heterocycles. The lowest BCUT2D eigenvalue weighted by Gasteiger charge is -2.39. The number of methoxy groups -OCH3 is 1. The van der Waals surface area contributed by atoms with Crippen molar-refractivity contribution in [2.24, 2.45) is 22.2 Å². The molecule has 166 valence electrons. The van der Waals surface area contributed by atoms with E-state index in [1.165, 1.54) is 47.8 Å².